The molecule has 160 valence electrons. The molecule has 11 nitrogen and oxygen atoms in total. The third-order valence-corrected chi connectivity index (χ3v) is 5.73. The summed E-state index contributed by atoms with van der Waals surface area (Å²) in [7, 11) is -4.87. The zero-order valence-electron chi connectivity index (χ0n) is 14.8. The van der Waals surface area contributed by atoms with Gasteiger partial charge in [-0.1, -0.05) is 35.1 Å². The summed E-state index contributed by atoms with van der Waals surface area (Å²) in [4.78, 5) is 3.05. The molecular weight excluding hydrogens is 428 g/mol. The van der Waals surface area contributed by atoms with E-state index in [4.69, 9.17) is 9.29 Å². The van der Waals surface area contributed by atoms with Gasteiger partial charge in [0.05, 0.1) is 6.61 Å². The molecule has 0 aliphatic carbocycles. The molecule has 0 radical (unpaired) electrons. The second kappa shape index (κ2) is 8.97. The van der Waals surface area contributed by atoms with E-state index in [0.29, 0.717) is 0 Å². The van der Waals surface area contributed by atoms with Crippen LogP contribution < -0.4 is 0 Å². The van der Waals surface area contributed by atoms with Crippen LogP contribution in [0.25, 0.3) is 10.9 Å². The number of benzene rings is 1. The summed E-state index contributed by atoms with van der Waals surface area (Å²) in [6.45, 7) is -0.613. The van der Waals surface area contributed by atoms with Crippen molar-refractivity contribution < 1.29 is 42.4 Å². The Balaban J connectivity index is 1.85. The highest BCUT2D eigenvalue weighted by Crippen LogP contribution is 2.31. The van der Waals surface area contributed by atoms with Crippen LogP contribution in [0.5, 0.6) is 0 Å². The fourth-order valence-electron chi connectivity index (χ4n) is 2.92. The SMILES string of the molecule is O=S(=O)(O)O/N=C(/Cc1c[nH]c2ccccc12)S[C@@H]1O[C@H](CO)[C@@H](O)[C@@H](O)[C@H]1O. The van der Waals surface area contributed by atoms with E-state index in [9.17, 15) is 28.8 Å². The lowest BCUT2D eigenvalue weighted by Gasteiger charge is -2.39. The molecule has 1 saturated heterocycles. The van der Waals surface area contributed by atoms with Gasteiger partial charge in [-0.2, -0.15) is 8.42 Å². The molecule has 3 rings (SSSR count). The average Bonchev–Trinajstić information content (AvgIpc) is 3.08. The molecule has 2 heterocycles. The summed E-state index contributed by atoms with van der Waals surface area (Å²) in [5.74, 6) is 0. The number of oxime groups is 1. The van der Waals surface area contributed by atoms with E-state index >= 15 is 0 Å². The molecule has 1 fully saturated rings. The van der Waals surface area contributed by atoms with Crippen molar-refractivity contribution >= 4 is 38.1 Å². The Hall–Kier alpha value is -1.71. The van der Waals surface area contributed by atoms with E-state index in [1.54, 1.807) is 6.20 Å². The van der Waals surface area contributed by atoms with Crippen molar-refractivity contribution in [2.45, 2.75) is 36.3 Å². The van der Waals surface area contributed by atoms with Crippen LogP contribution in [0, 0.1) is 0 Å². The second-order valence-electron chi connectivity index (χ2n) is 6.34. The van der Waals surface area contributed by atoms with E-state index in [2.05, 4.69) is 14.4 Å². The van der Waals surface area contributed by atoms with Crippen LogP contribution in [0.2, 0.25) is 0 Å². The quantitative estimate of drug-likeness (QED) is 0.144. The van der Waals surface area contributed by atoms with E-state index in [-0.39, 0.29) is 11.5 Å². The highest BCUT2D eigenvalue weighted by Gasteiger charge is 2.44. The molecule has 0 amide bonds. The van der Waals surface area contributed by atoms with Crippen molar-refractivity contribution in [2.75, 3.05) is 6.61 Å². The lowest BCUT2D eigenvalue weighted by atomic mass is 10.0. The molecule has 0 spiro atoms. The van der Waals surface area contributed by atoms with Crippen LogP contribution in [0.4, 0.5) is 0 Å². The molecule has 13 heteroatoms. The maximum atomic E-state index is 10.9. The fourth-order valence-corrected chi connectivity index (χ4v) is 4.24. The van der Waals surface area contributed by atoms with Crippen molar-refractivity contribution in [3.63, 3.8) is 0 Å². The molecule has 29 heavy (non-hydrogen) atoms. The van der Waals surface area contributed by atoms with Gasteiger partial charge < -0.3 is 30.1 Å². The summed E-state index contributed by atoms with van der Waals surface area (Å²) in [5, 5.41) is 43.5. The minimum Gasteiger partial charge on any atom is -0.394 e. The number of aliphatic hydroxyl groups is 4. The number of rotatable bonds is 6. The number of aromatic amines is 1. The number of hydrogen-bond donors (Lipinski definition) is 6. The smallest absolute Gasteiger partial charge is 0.394 e. The highest BCUT2D eigenvalue weighted by atomic mass is 32.3. The number of nitrogens with zero attached hydrogens (tertiary/aromatic N) is 1. The first-order chi connectivity index (χ1) is 13.7. The molecule has 2 aromatic rings. The van der Waals surface area contributed by atoms with Crippen LogP contribution in [0.3, 0.4) is 0 Å². The molecule has 1 aromatic carbocycles. The summed E-state index contributed by atoms with van der Waals surface area (Å²) in [6, 6.07) is 7.33. The molecule has 1 aliphatic heterocycles. The summed E-state index contributed by atoms with van der Waals surface area (Å²) in [5.41, 5.74) is 0.352. The monoisotopic (exact) mass is 448 g/mol. The van der Waals surface area contributed by atoms with Gasteiger partial charge in [-0.3, -0.25) is 4.55 Å². The first-order valence-corrected chi connectivity index (χ1v) is 10.7. The minimum absolute atomic E-state index is 0.00305. The molecule has 0 unspecified atom stereocenters. The number of aromatic nitrogens is 1. The fraction of sp³-hybridized carbons (Fsp3) is 0.438. The third kappa shape index (κ3) is 5.26. The van der Waals surface area contributed by atoms with Gasteiger partial charge in [0.1, 0.15) is 34.9 Å². The number of aliphatic hydroxyl groups excluding tert-OH is 4. The van der Waals surface area contributed by atoms with Gasteiger partial charge in [0, 0.05) is 23.5 Å². The van der Waals surface area contributed by atoms with Gasteiger partial charge in [-0.15, -0.1) is 0 Å². The van der Waals surface area contributed by atoms with Gasteiger partial charge in [-0.25, -0.2) is 4.28 Å². The molecule has 1 aliphatic rings. The summed E-state index contributed by atoms with van der Waals surface area (Å²) < 4.78 is 40.2. The Morgan fingerprint density at radius 3 is 2.62 bits per heavy atom. The summed E-state index contributed by atoms with van der Waals surface area (Å²) >= 11 is 0.727. The molecule has 5 atom stereocenters. The molecule has 0 bridgehead atoms. The Kier molecular flexibility index (Phi) is 6.80. The van der Waals surface area contributed by atoms with E-state index in [1.165, 1.54) is 0 Å². The molecule has 1 aromatic heterocycles. The van der Waals surface area contributed by atoms with Gasteiger partial charge >= 0.3 is 10.4 Å². The van der Waals surface area contributed by atoms with Crippen molar-refractivity contribution in [1.29, 1.82) is 0 Å². The van der Waals surface area contributed by atoms with Crippen molar-refractivity contribution in [3.8, 4) is 0 Å². The Morgan fingerprint density at radius 2 is 1.93 bits per heavy atom. The zero-order valence-corrected chi connectivity index (χ0v) is 16.5. The Morgan fingerprint density at radius 1 is 1.21 bits per heavy atom. The number of ether oxygens (including phenoxy) is 1. The molecule has 6 N–H and O–H groups in total. The topological polar surface area (TPSA) is 182 Å². The normalized spacial score (nSPS) is 28.6. The van der Waals surface area contributed by atoms with E-state index in [1.807, 2.05) is 24.3 Å². The largest absolute Gasteiger partial charge is 0.466 e. The number of para-hydroxylation sites is 1. The van der Waals surface area contributed by atoms with Crippen LogP contribution in [0.1, 0.15) is 5.56 Å². The molecular formula is C16H20N2O9S2. The van der Waals surface area contributed by atoms with Crippen LogP contribution in [0.15, 0.2) is 35.6 Å². The van der Waals surface area contributed by atoms with Crippen LogP contribution >= 0.6 is 11.8 Å². The number of nitrogens with one attached hydrogen (secondary N) is 1. The zero-order chi connectivity index (χ0) is 21.2. The average molecular weight is 448 g/mol. The van der Waals surface area contributed by atoms with Gasteiger partial charge in [0.15, 0.2) is 0 Å². The number of hydrogen-bond acceptors (Lipinski definition) is 10. The van der Waals surface area contributed by atoms with Gasteiger partial charge in [0.25, 0.3) is 0 Å². The van der Waals surface area contributed by atoms with Gasteiger partial charge in [0.2, 0.25) is 0 Å². The maximum absolute atomic E-state index is 10.9. The van der Waals surface area contributed by atoms with Gasteiger partial charge in [-0.05, 0) is 11.6 Å². The van der Waals surface area contributed by atoms with Crippen molar-refractivity contribution in [1.82, 2.24) is 4.98 Å². The lowest BCUT2D eigenvalue weighted by molar-refractivity contribution is -0.205. The van der Waals surface area contributed by atoms with E-state index in [0.717, 1.165) is 28.2 Å². The van der Waals surface area contributed by atoms with E-state index < -0.39 is 46.9 Å². The number of fused-ring (bicyclic) bond motifs is 1. The Labute approximate surface area is 169 Å². The first kappa shape index (κ1) is 22.0. The van der Waals surface area contributed by atoms with Crippen LogP contribution in [-0.4, -0.2) is 79.9 Å². The maximum Gasteiger partial charge on any atom is 0.466 e. The second-order valence-corrected chi connectivity index (χ2v) is 8.51. The predicted molar refractivity (Wildman–Crippen MR) is 103 cm³/mol. The Bertz CT molecular complexity index is 976. The highest BCUT2D eigenvalue weighted by molar-refractivity contribution is 8.14. The molecule has 0 saturated carbocycles. The number of H-pyrrole nitrogens is 1. The van der Waals surface area contributed by atoms with Crippen molar-refractivity contribution in [2.24, 2.45) is 5.16 Å². The standard InChI is InChI=1S/C16H20N2O9S2/c19-7-11-13(20)14(21)15(22)16(26-11)28-12(18-27-29(23,24)25)5-8-6-17-10-4-2-1-3-9(8)10/h1-4,6,11,13-17,19-22H,5,7H2,(H,23,24,25)/b18-12-/t11-,13-,14-,15-,16+/m1/s1. The van der Waals surface area contributed by atoms with Crippen LogP contribution in [-0.2, 0) is 25.8 Å². The predicted octanol–water partition coefficient (Wildman–Crippen LogP) is -0.624. The lowest BCUT2D eigenvalue weighted by Crippen LogP contribution is -2.57. The first-order valence-electron chi connectivity index (χ1n) is 8.44. The number of thioether (sulfide) groups is 1. The third-order valence-electron chi connectivity index (χ3n) is 4.35. The minimum atomic E-state index is -4.87. The summed E-state index contributed by atoms with van der Waals surface area (Å²) in [6.07, 6.45) is -4.11. The van der Waals surface area contributed by atoms with Crippen molar-refractivity contribution in [3.05, 3.63) is 36.0 Å².